The van der Waals surface area contributed by atoms with Crippen molar-refractivity contribution in [2.45, 2.75) is 0 Å². The van der Waals surface area contributed by atoms with Gasteiger partial charge in [-0.25, -0.2) is 4.98 Å². The minimum absolute atomic E-state index is 0.745. The van der Waals surface area contributed by atoms with Crippen LogP contribution in [0.4, 0.5) is 5.13 Å². The number of anilines is 1. The largest absolute Gasteiger partial charge is 0.365 e. The van der Waals surface area contributed by atoms with Gasteiger partial charge in [0, 0.05) is 13.2 Å². The van der Waals surface area contributed by atoms with E-state index < -0.39 is 0 Å². The summed E-state index contributed by atoms with van der Waals surface area (Å²) in [7, 11) is 7.19. The molecule has 1 aromatic rings. The standard InChI is InChI=1S/C4H5BN2S/c1-6-4-7-2-3(5)8-4/h2H,1H3,(H,6,7). The van der Waals surface area contributed by atoms with Crippen molar-refractivity contribution in [1.29, 1.82) is 0 Å². The van der Waals surface area contributed by atoms with Crippen LogP contribution in [0.1, 0.15) is 0 Å². The summed E-state index contributed by atoms with van der Waals surface area (Å²) < 4.78 is 0.745. The molecule has 2 radical (unpaired) electrons. The molecule has 0 aliphatic carbocycles. The molecule has 0 aliphatic heterocycles. The maximum absolute atomic E-state index is 5.37. The smallest absolute Gasteiger partial charge is 0.181 e. The Morgan fingerprint density at radius 2 is 2.62 bits per heavy atom. The van der Waals surface area contributed by atoms with Crippen molar-refractivity contribution in [3.8, 4) is 0 Å². The Kier molecular flexibility index (Phi) is 1.53. The molecule has 1 aromatic heterocycles. The van der Waals surface area contributed by atoms with Gasteiger partial charge in [-0.3, -0.25) is 0 Å². The predicted molar refractivity (Wildman–Crippen MR) is 37.0 cm³/mol. The van der Waals surface area contributed by atoms with Crippen molar-refractivity contribution in [2.75, 3.05) is 12.4 Å². The van der Waals surface area contributed by atoms with Crippen LogP contribution < -0.4 is 10.1 Å². The lowest BCUT2D eigenvalue weighted by Gasteiger charge is -1.84. The predicted octanol–water partition coefficient (Wildman–Crippen LogP) is -0.0214. The molecule has 0 saturated carbocycles. The summed E-state index contributed by atoms with van der Waals surface area (Å²) in [6.07, 6.45) is 1.64. The monoisotopic (exact) mass is 124 g/mol. The first-order valence-corrected chi connectivity index (χ1v) is 3.03. The van der Waals surface area contributed by atoms with E-state index in [1.807, 2.05) is 7.05 Å². The average Bonchev–Trinajstić information content (AvgIpc) is 2.14. The van der Waals surface area contributed by atoms with Crippen LogP contribution in [0.15, 0.2) is 6.20 Å². The van der Waals surface area contributed by atoms with Crippen molar-refractivity contribution in [1.82, 2.24) is 4.98 Å². The van der Waals surface area contributed by atoms with E-state index in [9.17, 15) is 0 Å². The molecule has 0 fully saturated rings. The van der Waals surface area contributed by atoms with E-state index in [-0.39, 0.29) is 0 Å². The fraction of sp³-hybridized carbons (Fsp3) is 0.250. The Morgan fingerprint density at radius 1 is 1.88 bits per heavy atom. The fourth-order valence-corrected chi connectivity index (χ4v) is 0.938. The molecule has 2 nitrogen and oxygen atoms in total. The fourth-order valence-electron chi connectivity index (χ4n) is 0.402. The van der Waals surface area contributed by atoms with Gasteiger partial charge in [-0.1, -0.05) is 0 Å². The van der Waals surface area contributed by atoms with Gasteiger partial charge in [-0.15, -0.1) is 11.3 Å². The molecule has 0 atom stereocenters. The second-order valence-electron chi connectivity index (χ2n) is 1.32. The van der Waals surface area contributed by atoms with E-state index >= 15 is 0 Å². The lowest BCUT2D eigenvalue weighted by molar-refractivity contribution is 1.37. The first-order chi connectivity index (χ1) is 3.83. The van der Waals surface area contributed by atoms with Gasteiger partial charge in [-0.2, -0.15) is 0 Å². The van der Waals surface area contributed by atoms with Crippen molar-refractivity contribution in [3.63, 3.8) is 0 Å². The number of nitrogens with zero attached hydrogens (tertiary/aromatic N) is 1. The second-order valence-corrected chi connectivity index (χ2v) is 2.38. The molecule has 0 unspecified atom stereocenters. The molecule has 0 spiro atoms. The summed E-state index contributed by atoms with van der Waals surface area (Å²) >= 11 is 1.44. The molecule has 0 bridgehead atoms. The summed E-state index contributed by atoms with van der Waals surface area (Å²) in [5.74, 6) is 0. The van der Waals surface area contributed by atoms with Gasteiger partial charge in [0.25, 0.3) is 0 Å². The number of hydrogen-bond donors (Lipinski definition) is 1. The van der Waals surface area contributed by atoms with Crippen LogP contribution >= 0.6 is 11.3 Å². The van der Waals surface area contributed by atoms with Gasteiger partial charge in [0.05, 0.1) is 0 Å². The van der Waals surface area contributed by atoms with Crippen molar-refractivity contribution in [2.24, 2.45) is 0 Å². The van der Waals surface area contributed by atoms with Gasteiger partial charge < -0.3 is 5.32 Å². The van der Waals surface area contributed by atoms with E-state index in [1.54, 1.807) is 6.20 Å². The second kappa shape index (κ2) is 2.18. The molecule has 0 aromatic carbocycles. The summed E-state index contributed by atoms with van der Waals surface area (Å²) in [5.41, 5.74) is 0. The molecule has 1 heterocycles. The molecule has 8 heavy (non-hydrogen) atoms. The zero-order valence-corrected chi connectivity index (χ0v) is 5.33. The minimum Gasteiger partial charge on any atom is -0.365 e. The SMILES string of the molecule is [B]c1cnc(NC)s1. The maximum atomic E-state index is 5.37. The highest BCUT2D eigenvalue weighted by molar-refractivity contribution is 7.23. The van der Waals surface area contributed by atoms with Crippen LogP contribution in [0, 0.1) is 0 Å². The number of hydrogen-bond acceptors (Lipinski definition) is 3. The molecular weight excluding hydrogens is 119 g/mol. The lowest BCUT2D eigenvalue weighted by atomic mass is 10.1. The van der Waals surface area contributed by atoms with Crippen LogP contribution in [-0.2, 0) is 0 Å². The van der Waals surface area contributed by atoms with E-state index in [4.69, 9.17) is 7.85 Å². The third-order valence-corrected chi connectivity index (χ3v) is 1.58. The molecule has 0 amide bonds. The van der Waals surface area contributed by atoms with Crippen molar-refractivity contribution >= 4 is 29.1 Å². The van der Waals surface area contributed by atoms with Crippen LogP contribution in [0.25, 0.3) is 0 Å². The van der Waals surface area contributed by atoms with Crippen LogP contribution in [0.5, 0.6) is 0 Å². The third-order valence-electron chi connectivity index (χ3n) is 0.737. The summed E-state index contributed by atoms with van der Waals surface area (Å²) in [4.78, 5) is 3.92. The van der Waals surface area contributed by atoms with Crippen LogP contribution in [0.3, 0.4) is 0 Å². The maximum Gasteiger partial charge on any atom is 0.181 e. The Hall–Kier alpha value is -0.505. The highest BCUT2D eigenvalue weighted by atomic mass is 32.1. The minimum atomic E-state index is 0.745. The van der Waals surface area contributed by atoms with Crippen LogP contribution in [-0.4, -0.2) is 19.9 Å². The summed E-state index contributed by atoms with van der Waals surface area (Å²) in [6.45, 7) is 0. The molecule has 4 heteroatoms. The number of nitrogens with one attached hydrogen (secondary N) is 1. The van der Waals surface area contributed by atoms with E-state index in [0.29, 0.717) is 0 Å². The van der Waals surface area contributed by atoms with Crippen molar-refractivity contribution < 1.29 is 0 Å². The molecule has 0 aliphatic rings. The summed E-state index contributed by atoms with van der Waals surface area (Å²) in [6, 6.07) is 0. The first-order valence-electron chi connectivity index (χ1n) is 2.22. The van der Waals surface area contributed by atoms with Gasteiger partial charge >= 0.3 is 0 Å². The highest BCUT2D eigenvalue weighted by Crippen LogP contribution is 2.04. The van der Waals surface area contributed by atoms with Gasteiger partial charge in [0.1, 0.15) is 7.85 Å². The number of rotatable bonds is 1. The number of thiazole rings is 1. The molecule has 40 valence electrons. The molecule has 1 N–H and O–H groups in total. The Balaban J connectivity index is 2.84. The van der Waals surface area contributed by atoms with E-state index in [0.717, 1.165) is 9.91 Å². The Bertz CT molecular complexity index is 174. The van der Waals surface area contributed by atoms with E-state index in [2.05, 4.69) is 10.3 Å². The van der Waals surface area contributed by atoms with Gasteiger partial charge in [-0.05, 0) is 4.78 Å². The zero-order valence-electron chi connectivity index (χ0n) is 4.51. The quantitative estimate of drug-likeness (QED) is 0.532. The van der Waals surface area contributed by atoms with Gasteiger partial charge in [0.15, 0.2) is 5.13 Å². The molecular formula is C4H5BN2S. The number of aromatic nitrogens is 1. The van der Waals surface area contributed by atoms with Crippen LogP contribution in [0.2, 0.25) is 0 Å². The first kappa shape index (κ1) is 5.63. The Labute approximate surface area is 53.4 Å². The van der Waals surface area contributed by atoms with E-state index in [1.165, 1.54) is 11.3 Å². The lowest BCUT2D eigenvalue weighted by Crippen LogP contribution is -1.89. The van der Waals surface area contributed by atoms with Crippen molar-refractivity contribution in [3.05, 3.63) is 6.20 Å². The zero-order chi connectivity index (χ0) is 5.98. The Morgan fingerprint density at radius 3 is 2.88 bits per heavy atom. The third kappa shape index (κ3) is 1.01. The highest BCUT2D eigenvalue weighted by Gasteiger charge is 1.90. The topological polar surface area (TPSA) is 24.9 Å². The normalized spacial score (nSPS) is 9.12. The van der Waals surface area contributed by atoms with Gasteiger partial charge in [0.2, 0.25) is 0 Å². The summed E-state index contributed by atoms with van der Waals surface area (Å²) in [5, 5.41) is 3.74. The molecule has 1 rings (SSSR count). The average molecular weight is 124 g/mol. The molecule has 0 saturated heterocycles.